The molecule has 0 aromatic heterocycles. The number of nitrogen functional groups attached to an aromatic ring is 1. The van der Waals surface area contributed by atoms with Crippen molar-refractivity contribution in [2.24, 2.45) is 0 Å². The number of hydrogen-bond donors (Lipinski definition) is 1. The molecular weight excluding hydrogens is 320 g/mol. The molecule has 6 nitrogen and oxygen atoms in total. The van der Waals surface area contributed by atoms with E-state index in [4.69, 9.17) is 19.9 Å². The zero-order valence-electron chi connectivity index (χ0n) is 15.0. The van der Waals surface area contributed by atoms with Crippen molar-refractivity contribution in [1.29, 1.82) is 0 Å². The van der Waals surface area contributed by atoms with Crippen LogP contribution in [0.1, 0.15) is 11.1 Å². The number of carbonyl (C=O) groups is 1. The Bertz CT molecular complexity index is 746. The second kappa shape index (κ2) is 8.28. The van der Waals surface area contributed by atoms with Crippen LogP contribution in [0.25, 0.3) is 0 Å². The number of amides is 1. The number of benzene rings is 2. The summed E-state index contributed by atoms with van der Waals surface area (Å²) in [6.07, 6.45) is 0.276. The van der Waals surface area contributed by atoms with Gasteiger partial charge >= 0.3 is 0 Å². The van der Waals surface area contributed by atoms with Gasteiger partial charge < -0.3 is 24.8 Å². The lowest BCUT2D eigenvalue weighted by Gasteiger charge is -2.18. The first-order chi connectivity index (χ1) is 12.0. The number of likely N-dealkylation sites (N-methyl/N-ethyl adjacent to an activating group) is 1. The van der Waals surface area contributed by atoms with Gasteiger partial charge in [0.15, 0.2) is 11.5 Å². The van der Waals surface area contributed by atoms with Crippen molar-refractivity contribution in [3.63, 3.8) is 0 Å². The Morgan fingerprint density at radius 3 is 2.12 bits per heavy atom. The first kappa shape index (κ1) is 18.4. The molecule has 134 valence electrons. The van der Waals surface area contributed by atoms with E-state index in [0.29, 0.717) is 29.5 Å². The van der Waals surface area contributed by atoms with E-state index in [2.05, 4.69) is 0 Å². The molecule has 0 aliphatic carbocycles. The molecule has 2 aromatic rings. The van der Waals surface area contributed by atoms with Crippen LogP contribution in [0.4, 0.5) is 5.69 Å². The van der Waals surface area contributed by atoms with Gasteiger partial charge in [-0.1, -0.05) is 12.1 Å². The van der Waals surface area contributed by atoms with Crippen LogP contribution in [0.2, 0.25) is 0 Å². The zero-order valence-corrected chi connectivity index (χ0v) is 15.0. The highest BCUT2D eigenvalue weighted by Crippen LogP contribution is 2.28. The normalized spacial score (nSPS) is 10.2. The van der Waals surface area contributed by atoms with Gasteiger partial charge in [-0.2, -0.15) is 0 Å². The summed E-state index contributed by atoms with van der Waals surface area (Å²) in [5.74, 6) is 1.91. The van der Waals surface area contributed by atoms with Crippen LogP contribution in [-0.2, 0) is 17.8 Å². The highest BCUT2D eigenvalue weighted by Gasteiger charge is 2.13. The van der Waals surface area contributed by atoms with Crippen molar-refractivity contribution >= 4 is 11.6 Å². The maximum Gasteiger partial charge on any atom is 0.227 e. The number of nitrogens with zero attached hydrogens (tertiary/aromatic N) is 1. The zero-order chi connectivity index (χ0) is 18.4. The molecule has 0 unspecified atom stereocenters. The Kier molecular flexibility index (Phi) is 6.11. The molecule has 0 saturated heterocycles. The van der Waals surface area contributed by atoms with E-state index >= 15 is 0 Å². The van der Waals surface area contributed by atoms with E-state index in [9.17, 15) is 4.79 Å². The number of rotatable bonds is 7. The molecule has 0 spiro atoms. The van der Waals surface area contributed by atoms with Gasteiger partial charge in [0, 0.05) is 13.6 Å². The van der Waals surface area contributed by atoms with Gasteiger partial charge in [0.05, 0.1) is 33.4 Å². The smallest absolute Gasteiger partial charge is 0.227 e. The predicted octanol–water partition coefficient (Wildman–Crippen LogP) is 2.50. The molecule has 0 radical (unpaired) electrons. The van der Waals surface area contributed by atoms with Crippen LogP contribution < -0.4 is 19.9 Å². The average molecular weight is 344 g/mol. The van der Waals surface area contributed by atoms with Gasteiger partial charge in [0.25, 0.3) is 0 Å². The molecule has 2 aromatic carbocycles. The third-order valence-corrected chi connectivity index (χ3v) is 3.94. The van der Waals surface area contributed by atoms with E-state index in [1.165, 1.54) is 0 Å². The van der Waals surface area contributed by atoms with Crippen LogP contribution in [-0.4, -0.2) is 39.2 Å². The van der Waals surface area contributed by atoms with Crippen LogP contribution in [0, 0.1) is 0 Å². The number of ether oxygens (including phenoxy) is 3. The van der Waals surface area contributed by atoms with Crippen LogP contribution >= 0.6 is 0 Å². The molecule has 0 bridgehead atoms. The van der Waals surface area contributed by atoms with Gasteiger partial charge in [0.2, 0.25) is 5.91 Å². The number of nitrogens with two attached hydrogens (primary N) is 1. The molecule has 0 heterocycles. The summed E-state index contributed by atoms with van der Waals surface area (Å²) in [5.41, 5.74) is 8.22. The number of anilines is 1. The quantitative estimate of drug-likeness (QED) is 0.781. The highest BCUT2D eigenvalue weighted by molar-refractivity contribution is 5.79. The third-order valence-electron chi connectivity index (χ3n) is 3.94. The van der Waals surface area contributed by atoms with E-state index in [1.54, 1.807) is 45.4 Å². The van der Waals surface area contributed by atoms with Gasteiger partial charge in [0.1, 0.15) is 5.75 Å². The van der Waals surface area contributed by atoms with E-state index in [-0.39, 0.29) is 12.3 Å². The van der Waals surface area contributed by atoms with E-state index in [1.807, 2.05) is 24.3 Å². The Morgan fingerprint density at radius 1 is 0.920 bits per heavy atom. The lowest BCUT2D eigenvalue weighted by Crippen LogP contribution is -2.27. The van der Waals surface area contributed by atoms with Crippen molar-refractivity contribution in [3.8, 4) is 17.2 Å². The predicted molar refractivity (Wildman–Crippen MR) is 97.1 cm³/mol. The topological polar surface area (TPSA) is 74.0 Å². The highest BCUT2D eigenvalue weighted by atomic mass is 16.5. The fourth-order valence-electron chi connectivity index (χ4n) is 2.54. The summed E-state index contributed by atoms with van der Waals surface area (Å²) >= 11 is 0. The van der Waals surface area contributed by atoms with E-state index < -0.39 is 0 Å². The summed E-state index contributed by atoms with van der Waals surface area (Å²) in [6.45, 7) is 0.477. The second-order valence-electron chi connectivity index (χ2n) is 5.69. The minimum absolute atomic E-state index is 0.000600. The molecule has 2 rings (SSSR count). The standard InChI is InChI=1S/C19H24N2O4/c1-21(12-14-6-8-17(24-3)18(10-14)25-4)19(22)11-13-5-7-16(23-2)15(20)9-13/h5-10H,11-12,20H2,1-4H3. The minimum atomic E-state index is -0.000600. The molecule has 2 N–H and O–H groups in total. The number of methoxy groups -OCH3 is 3. The minimum Gasteiger partial charge on any atom is -0.495 e. The molecule has 0 aliphatic heterocycles. The molecule has 0 aliphatic rings. The van der Waals surface area contributed by atoms with Crippen LogP contribution in [0.3, 0.4) is 0 Å². The van der Waals surface area contributed by atoms with E-state index in [0.717, 1.165) is 11.1 Å². The Labute approximate surface area is 148 Å². The van der Waals surface area contributed by atoms with Crippen LogP contribution in [0.15, 0.2) is 36.4 Å². The first-order valence-electron chi connectivity index (χ1n) is 7.85. The van der Waals surface area contributed by atoms with Crippen molar-refractivity contribution < 1.29 is 19.0 Å². The summed E-state index contributed by atoms with van der Waals surface area (Å²) in [6, 6.07) is 11.0. The molecule has 6 heteroatoms. The molecule has 0 atom stereocenters. The first-order valence-corrected chi connectivity index (χ1v) is 7.85. The monoisotopic (exact) mass is 344 g/mol. The Balaban J connectivity index is 2.04. The third kappa shape index (κ3) is 4.56. The maximum atomic E-state index is 12.5. The lowest BCUT2D eigenvalue weighted by atomic mass is 10.1. The number of hydrogen-bond acceptors (Lipinski definition) is 5. The van der Waals surface area contributed by atoms with Gasteiger partial charge in [-0.05, 0) is 35.4 Å². The molecular formula is C19H24N2O4. The maximum absolute atomic E-state index is 12.5. The van der Waals surface area contributed by atoms with Gasteiger partial charge in [-0.25, -0.2) is 0 Å². The molecule has 0 saturated carbocycles. The Hall–Kier alpha value is -2.89. The van der Waals surface area contributed by atoms with Crippen molar-refractivity contribution in [1.82, 2.24) is 4.90 Å². The van der Waals surface area contributed by atoms with Gasteiger partial charge in [-0.15, -0.1) is 0 Å². The van der Waals surface area contributed by atoms with Crippen molar-refractivity contribution in [2.45, 2.75) is 13.0 Å². The van der Waals surface area contributed by atoms with Crippen molar-refractivity contribution in [3.05, 3.63) is 47.5 Å². The summed E-state index contributed by atoms with van der Waals surface area (Å²) in [7, 11) is 6.51. The molecule has 0 fully saturated rings. The average Bonchev–Trinajstić information content (AvgIpc) is 2.61. The van der Waals surface area contributed by atoms with Crippen LogP contribution in [0.5, 0.6) is 17.2 Å². The van der Waals surface area contributed by atoms with Gasteiger partial charge in [-0.3, -0.25) is 4.79 Å². The Morgan fingerprint density at radius 2 is 1.52 bits per heavy atom. The van der Waals surface area contributed by atoms with Crippen molar-refractivity contribution in [2.75, 3.05) is 34.1 Å². The lowest BCUT2D eigenvalue weighted by molar-refractivity contribution is -0.129. The largest absolute Gasteiger partial charge is 0.495 e. The molecule has 1 amide bonds. The summed E-state index contributed by atoms with van der Waals surface area (Å²) < 4.78 is 15.7. The fourth-order valence-corrected chi connectivity index (χ4v) is 2.54. The summed E-state index contributed by atoms with van der Waals surface area (Å²) in [4.78, 5) is 14.1. The summed E-state index contributed by atoms with van der Waals surface area (Å²) in [5, 5.41) is 0. The molecule has 25 heavy (non-hydrogen) atoms. The SMILES string of the molecule is COc1ccc(CC(=O)N(C)Cc2ccc(OC)c(OC)c2)cc1N. The fraction of sp³-hybridized carbons (Fsp3) is 0.316. The second-order valence-corrected chi connectivity index (χ2v) is 5.69. The number of carbonyl (C=O) groups excluding carboxylic acids is 1.